The molecule has 0 saturated carbocycles. The summed E-state index contributed by atoms with van der Waals surface area (Å²) >= 11 is 0. The number of nitrogens with zero attached hydrogens (tertiary/aromatic N) is 1. The van der Waals surface area contributed by atoms with Gasteiger partial charge in [0.05, 0.1) is 11.9 Å². The summed E-state index contributed by atoms with van der Waals surface area (Å²) in [7, 11) is -3.33. The van der Waals surface area contributed by atoms with Crippen molar-refractivity contribution in [2.24, 2.45) is 0 Å². The van der Waals surface area contributed by atoms with Gasteiger partial charge in [0.25, 0.3) is 5.91 Å². The van der Waals surface area contributed by atoms with E-state index < -0.39 is 10.0 Å². The second kappa shape index (κ2) is 6.92. The molecule has 0 saturated heterocycles. The summed E-state index contributed by atoms with van der Waals surface area (Å²) in [6, 6.07) is 11.8. The summed E-state index contributed by atoms with van der Waals surface area (Å²) in [6.07, 6.45) is 2.62. The molecular formula is C19H20N2O4S. The van der Waals surface area contributed by atoms with E-state index in [1.165, 1.54) is 17.5 Å². The molecule has 1 amide bonds. The summed E-state index contributed by atoms with van der Waals surface area (Å²) in [5, 5.41) is 2.78. The maximum atomic E-state index is 12.5. The highest BCUT2D eigenvalue weighted by Gasteiger charge is 2.24. The summed E-state index contributed by atoms with van der Waals surface area (Å²) in [5.41, 5.74) is 2.99. The minimum Gasteiger partial charge on any atom is -0.322 e. The summed E-state index contributed by atoms with van der Waals surface area (Å²) in [5.74, 6) is -0.374. The Kier molecular flexibility index (Phi) is 4.82. The molecule has 2 aromatic rings. The van der Waals surface area contributed by atoms with E-state index in [1.54, 1.807) is 42.5 Å². The molecule has 0 spiro atoms. The highest BCUT2D eigenvalue weighted by Crippen LogP contribution is 2.30. The van der Waals surface area contributed by atoms with Gasteiger partial charge < -0.3 is 5.32 Å². The quantitative estimate of drug-likeness (QED) is 0.837. The predicted molar refractivity (Wildman–Crippen MR) is 101 cm³/mol. The van der Waals surface area contributed by atoms with Crippen LogP contribution in [-0.4, -0.2) is 32.9 Å². The Morgan fingerprint density at radius 2 is 1.85 bits per heavy atom. The molecule has 1 aliphatic heterocycles. The van der Waals surface area contributed by atoms with E-state index in [9.17, 15) is 18.0 Å². The van der Waals surface area contributed by atoms with Gasteiger partial charge in [-0.15, -0.1) is 0 Å². The number of sulfonamides is 1. The largest absolute Gasteiger partial charge is 0.322 e. The number of anilines is 2. The SMILES string of the molecule is CC(=O)c1cccc(NC(=O)c2ccc3c(c2)CCCN3S(C)(=O)=O)c1. The lowest BCUT2D eigenvalue weighted by Crippen LogP contribution is -2.34. The number of hydrogen-bond acceptors (Lipinski definition) is 4. The van der Waals surface area contributed by atoms with Gasteiger partial charge in [0, 0.05) is 23.4 Å². The van der Waals surface area contributed by atoms with Crippen LogP contribution in [0.15, 0.2) is 42.5 Å². The number of carbonyl (C=O) groups is 2. The lowest BCUT2D eigenvalue weighted by atomic mass is 10.0. The number of nitrogens with one attached hydrogen (secondary N) is 1. The first kappa shape index (κ1) is 18.1. The molecule has 0 bridgehead atoms. The fourth-order valence-electron chi connectivity index (χ4n) is 3.07. The van der Waals surface area contributed by atoms with Gasteiger partial charge in [0.1, 0.15) is 0 Å². The van der Waals surface area contributed by atoms with Crippen molar-refractivity contribution in [2.75, 3.05) is 22.4 Å². The van der Waals surface area contributed by atoms with E-state index in [-0.39, 0.29) is 11.7 Å². The molecule has 1 heterocycles. The second-order valence-electron chi connectivity index (χ2n) is 6.37. The molecule has 3 rings (SSSR count). The van der Waals surface area contributed by atoms with Crippen LogP contribution in [0.2, 0.25) is 0 Å². The van der Waals surface area contributed by atoms with Crippen LogP contribution in [0, 0.1) is 0 Å². The first-order valence-corrected chi connectivity index (χ1v) is 10.1. The first-order valence-electron chi connectivity index (χ1n) is 8.29. The van der Waals surface area contributed by atoms with E-state index >= 15 is 0 Å². The highest BCUT2D eigenvalue weighted by atomic mass is 32.2. The second-order valence-corrected chi connectivity index (χ2v) is 8.28. The molecule has 1 N–H and O–H groups in total. The number of amides is 1. The molecule has 7 heteroatoms. The third-order valence-corrected chi connectivity index (χ3v) is 5.52. The van der Waals surface area contributed by atoms with Gasteiger partial charge in [-0.05, 0) is 55.7 Å². The van der Waals surface area contributed by atoms with Crippen LogP contribution in [-0.2, 0) is 16.4 Å². The molecule has 2 aromatic carbocycles. The van der Waals surface area contributed by atoms with Crippen molar-refractivity contribution in [3.8, 4) is 0 Å². The van der Waals surface area contributed by atoms with Crippen LogP contribution in [0.25, 0.3) is 0 Å². The lowest BCUT2D eigenvalue weighted by molar-refractivity contribution is 0.101. The summed E-state index contributed by atoms with van der Waals surface area (Å²) in [4.78, 5) is 24.0. The molecule has 0 fully saturated rings. The van der Waals surface area contributed by atoms with Crippen molar-refractivity contribution in [1.82, 2.24) is 0 Å². The van der Waals surface area contributed by atoms with E-state index in [0.29, 0.717) is 35.5 Å². The van der Waals surface area contributed by atoms with Crippen LogP contribution in [0.4, 0.5) is 11.4 Å². The summed E-state index contributed by atoms with van der Waals surface area (Å²) < 4.78 is 25.2. The minimum absolute atomic E-state index is 0.0734. The fourth-order valence-corrected chi connectivity index (χ4v) is 4.06. The average Bonchev–Trinajstić information content (AvgIpc) is 2.60. The molecule has 6 nitrogen and oxygen atoms in total. The zero-order valence-corrected chi connectivity index (χ0v) is 15.5. The Morgan fingerprint density at radius 1 is 1.08 bits per heavy atom. The Balaban J connectivity index is 1.85. The normalized spacial score (nSPS) is 13.8. The van der Waals surface area contributed by atoms with Crippen LogP contribution in [0.3, 0.4) is 0 Å². The van der Waals surface area contributed by atoms with Crippen LogP contribution in [0.5, 0.6) is 0 Å². The molecular weight excluding hydrogens is 352 g/mol. The van der Waals surface area contributed by atoms with Gasteiger partial charge >= 0.3 is 0 Å². The molecule has 0 aliphatic carbocycles. The van der Waals surface area contributed by atoms with Gasteiger partial charge in [-0.25, -0.2) is 8.42 Å². The zero-order valence-electron chi connectivity index (χ0n) is 14.7. The van der Waals surface area contributed by atoms with Gasteiger partial charge in [0.15, 0.2) is 5.78 Å². The van der Waals surface area contributed by atoms with E-state index in [2.05, 4.69) is 5.32 Å². The third kappa shape index (κ3) is 3.77. The Labute approximate surface area is 152 Å². The van der Waals surface area contributed by atoms with Crippen molar-refractivity contribution in [1.29, 1.82) is 0 Å². The number of carbonyl (C=O) groups excluding carboxylic acids is 2. The molecule has 0 aromatic heterocycles. The summed E-state index contributed by atoms with van der Waals surface area (Å²) in [6.45, 7) is 1.92. The molecule has 0 unspecified atom stereocenters. The molecule has 0 atom stereocenters. The maximum Gasteiger partial charge on any atom is 0.255 e. The molecule has 0 radical (unpaired) electrons. The van der Waals surface area contributed by atoms with Crippen LogP contribution in [0.1, 0.15) is 39.6 Å². The topological polar surface area (TPSA) is 83.6 Å². The number of rotatable bonds is 4. The maximum absolute atomic E-state index is 12.5. The Hall–Kier alpha value is -2.67. The van der Waals surface area contributed by atoms with E-state index in [1.807, 2.05) is 0 Å². The fraction of sp³-hybridized carbons (Fsp3) is 0.263. The van der Waals surface area contributed by atoms with Crippen molar-refractivity contribution in [2.45, 2.75) is 19.8 Å². The van der Waals surface area contributed by atoms with Crippen molar-refractivity contribution in [3.63, 3.8) is 0 Å². The Morgan fingerprint density at radius 3 is 2.54 bits per heavy atom. The predicted octanol–water partition coefficient (Wildman–Crippen LogP) is 2.85. The highest BCUT2D eigenvalue weighted by molar-refractivity contribution is 7.92. The number of aryl methyl sites for hydroxylation is 1. The lowest BCUT2D eigenvalue weighted by Gasteiger charge is -2.29. The Bertz CT molecular complexity index is 983. The molecule has 26 heavy (non-hydrogen) atoms. The minimum atomic E-state index is -3.33. The van der Waals surface area contributed by atoms with Crippen LogP contribution >= 0.6 is 0 Å². The first-order chi connectivity index (χ1) is 12.3. The number of benzene rings is 2. The van der Waals surface area contributed by atoms with Gasteiger partial charge in [0.2, 0.25) is 10.0 Å². The van der Waals surface area contributed by atoms with E-state index in [0.717, 1.165) is 12.0 Å². The van der Waals surface area contributed by atoms with Crippen LogP contribution < -0.4 is 9.62 Å². The smallest absolute Gasteiger partial charge is 0.255 e. The van der Waals surface area contributed by atoms with Gasteiger partial charge in [-0.1, -0.05) is 12.1 Å². The average molecular weight is 372 g/mol. The van der Waals surface area contributed by atoms with Gasteiger partial charge in [-0.2, -0.15) is 0 Å². The monoisotopic (exact) mass is 372 g/mol. The number of Topliss-reactive ketones (excluding diaryl/α,β-unsaturated/α-hetero) is 1. The standard InChI is InChI=1S/C19H20N2O4S/c1-13(22)14-5-3-7-17(12-14)20-19(23)16-8-9-18-15(11-16)6-4-10-21(18)26(2,24)25/h3,5,7-9,11-12H,4,6,10H2,1-2H3,(H,20,23). The molecule has 1 aliphatic rings. The van der Waals surface area contributed by atoms with Crippen molar-refractivity contribution >= 4 is 33.1 Å². The number of hydrogen-bond donors (Lipinski definition) is 1. The third-order valence-electron chi connectivity index (χ3n) is 4.34. The van der Waals surface area contributed by atoms with Crippen molar-refractivity contribution < 1.29 is 18.0 Å². The number of ketones is 1. The molecule has 136 valence electrons. The number of fused-ring (bicyclic) bond motifs is 1. The van der Waals surface area contributed by atoms with Crippen molar-refractivity contribution in [3.05, 3.63) is 59.2 Å². The van der Waals surface area contributed by atoms with E-state index in [4.69, 9.17) is 0 Å². The van der Waals surface area contributed by atoms with Gasteiger partial charge in [-0.3, -0.25) is 13.9 Å². The zero-order chi connectivity index (χ0) is 18.9.